The minimum Gasteiger partial charge on any atom is -0.345 e. The molecule has 0 unspecified atom stereocenters. The van der Waals surface area contributed by atoms with Crippen LogP contribution in [0.4, 0.5) is 0 Å². The fourth-order valence-corrected chi connectivity index (χ4v) is 1.36. The van der Waals surface area contributed by atoms with Crippen molar-refractivity contribution in [3.63, 3.8) is 0 Å². The zero-order valence-corrected chi connectivity index (χ0v) is 7.71. The maximum absolute atomic E-state index is 9.96. The highest BCUT2D eigenvalue weighted by Gasteiger charge is 2.36. The van der Waals surface area contributed by atoms with Crippen LogP contribution >= 0.6 is 0 Å². The molecule has 0 saturated carbocycles. The van der Waals surface area contributed by atoms with Gasteiger partial charge in [-0.1, -0.05) is 12.2 Å². The van der Waals surface area contributed by atoms with E-state index >= 15 is 0 Å². The predicted molar refractivity (Wildman–Crippen MR) is 47.1 cm³/mol. The van der Waals surface area contributed by atoms with Gasteiger partial charge in [0.05, 0.1) is 13.2 Å². The van der Waals surface area contributed by atoms with Gasteiger partial charge in [-0.2, -0.15) is 0 Å². The maximum atomic E-state index is 9.96. The molecule has 0 atom stereocenters. The molecule has 1 heterocycles. The van der Waals surface area contributed by atoms with Crippen molar-refractivity contribution in [2.24, 2.45) is 4.99 Å². The van der Waals surface area contributed by atoms with Crippen LogP contribution in [0.25, 0.3) is 0 Å². The Morgan fingerprint density at radius 1 is 1.62 bits per heavy atom. The Hall–Kier alpha value is -0.960. The van der Waals surface area contributed by atoms with Gasteiger partial charge in [-0.3, -0.25) is 0 Å². The molecule has 0 aromatic rings. The predicted octanol–water partition coefficient (Wildman–Crippen LogP) is 1.03. The van der Waals surface area contributed by atoms with Crippen LogP contribution in [0.15, 0.2) is 17.1 Å². The minimum absolute atomic E-state index is 0.198. The molecule has 13 heavy (non-hydrogen) atoms. The van der Waals surface area contributed by atoms with Crippen molar-refractivity contribution in [2.75, 3.05) is 19.8 Å². The summed E-state index contributed by atoms with van der Waals surface area (Å²) >= 11 is 0. The fraction of sp³-hybridized carbons (Fsp3) is 0.667. The number of carbonyl (C=O) groups excluding carboxylic acids is 1. The standard InChI is InChI=1S/C9H13NO3/c1-8(2)5-9(6-10-7-11)12-3-4-13-9/h1,3-6H2,2H3. The van der Waals surface area contributed by atoms with Gasteiger partial charge in [0.15, 0.2) is 5.79 Å². The van der Waals surface area contributed by atoms with Crippen molar-refractivity contribution < 1.29 is 14.3 Å². The highest BCUT2D eigenvalue weighted by atomic mass is 16.7. The van der Waals surface area contributed by atoms with Gasteiger partial charge in [0.25, 0.3) is 0 Å². The molecule has 4 heteroatoms. The van der Waals surface area contributed by atoms with Crippen molar-refractivity contribution in [2.45, 2.75) is 19.1 Å². The molecule has 1 fully saturated rings. The van der Waals surface area contributed by atoms with E-state index in [-0.39, 0.29) is 6.54 Å². The quantitative estimate of drug-likeness (QED) is 0.371. The molecule has 0 bridgehead atoms. The molecule has 4 nitrogen and oxygen atoms in total. The first kappa shape index (κ1) is 10.1. The Labute approximate surface area is 77.2 Å². The van der Waals surface area contributed by atoms with Crippen LogP contribution in [0.3, 0.4) is 0 Å². The summed E-state index contributed by atoms with van der Waals surface area (Å²) < 4.78 is 10.8. The summed E-state index contributed by atoms with van der Waals surface area (Å²) in [5.74, 6) is -0.761. The Balaban J connectivity index is 2.62. The van der Waals surface area contributed by atoms with E-state index in [0.717, 1.165) is 5.57 Å². The molecule has 0 N–H and O–H groups in total. The number of aliphatic imine (C=N–C) groups is 1. The van der Waals surface area contributed by atoms with Gasteiger partial charge in [-0.15, -0.1) is 0 Å². The van der Waals surface area contributed by atoms with Gasteiger partial charge in [-0.05, 0) is 6.92 Å². The molecule has 0 spiro atoms. The van der Waals surface area contributed by atoms with Crippen molar-refractivity contribution in [1.82, 2.24) is 0 Å². The summed E-state index contributed by atoms with van der Waals surface area (Å²) in [6.07, 6.45) is 2.05. The van der Waals surface area contributed by atoms with E-state index < -0.39 is 5.79 Å². The third-order valence-electron chi connectivity index (χ3n) is 1.77. The normalized spacial score (nSPS) is 19.5. The van der Waals surface area contributed by atoms with Crippen molar-refractivity contribution >= 4 is 6.08 Å². The third kappa shape index (κ3) is 2.77. The van der Waals surface area contributed by atoms with E-state index in [1.54, 1.807) is 0 Å². The molecule has 0 radical (unpaired) electrons. The van der Waals surface area contributed by atoms with Crippen LogP contribution in [0.5, 0.6) is 0 Å². The molecule has 72 valence electrons. The van der Waals surface area contributed by atoms with E-state index in [9.17, 15) is 4.79 Å². The molecule has 0 aromatic heterocycles. The molecular formula is C9H13NO3. The van der Waals surface area contributed by atoms with Gasteiger partial charge >= 0.3 is 0 Å². The van der Waals surface area contributed by atoms with Crippen molar-refractivity contribution in [3.05, 3.63) is 12.2 Å². The summed E-state index contributed by atoms with van der Waals surface area (Å²) in [6.45, 7) is 6.94. The second-order valence-electron chi connectivity index (χ2n) is 3.15. The Bertz CT molecular complexity index is 231. The lowest BCUT2D eigenvalue weighted by molar-refractivity contribution is -0.146. The minimum atomic E-state index is -0.761. The summed E-state index contributed by atoms with van der Waals surface area (Å²) in [5, 5.41) is 0. The SMILES string of the molecule is C=C(C)CC1(CN=C=O)OCCO1. The first-order chi connectivity index (χ1) is 6.18. The number of nitrogens with zero attached hydrogens (tertiary/aromatic N) is 1. The van der Waals surface area contributed by atoms with Gasteiger partial charge in [0.1, 0.15) is 6.54 Å². The van der Waals surface area contributed by atoms with Crippen molar-refractivity contribution in [1.29, 1.82) is 0 Å². The monoisotopic (exact) mass is 183 g/mol. The largest absolute Gasteiger partial charge is 0.345 e. The molecule has 1 aliphatic rings. The number of ether oxygens (including phenoxy) is 2. The van der Waals surface area contributed by atoms with E-state index in [1.807, 2.05) is 6.92 Å². The molecule has 1 saturated heterocycles. The number of isocyanates is 1. The Kier molecular flexibility index (Phi) is 3.37. The van der Waals surface area contributed by atoms with E-state index in [2.05, 4.69) is 11.6 Å². The summed E-state index contributed by atoms with van der Waals surface area (Å²) in [7, 11) is 0. The smallest absolute Gasteiger partial charge is 0.235 e. The molecule has 0 aromatic carbocycles. The van der Waals surface area contributed by atoms with E-state index in [0.29, 0.717) is 19.6 Å². The van der Waals surface area contributed by atoms with Crippen LogP contribution in [0, 0.1) is 0 Å². The fourth-order valence-electron chi connectivity index (χ4n) is 1.36. The van der Waals surface area contributed by atoms with Crippen LogP contribution < -0.4 is 0 Å². The summed E-state index contributed by atoms with van der Waals surface area (Å²) in [4.78, 5) is 13.4. The molecule has 1 rings (SSSR count). The zero-order valence-electron chi connectivity index (χ0n) is 7.71. The van der Waals surface area contributed by atoms with Crippen LogP contribution in [-0.2, 0) is 14.3 Å². The average molecular weight is 183 g/mol. The third-order valence-corrected chi connectivity index (χ3v) is 1.77. The topological polar surface area (TPSA) is 47.9 Å². The highest BCUT2D eigenvalue weighted by molar-refractivity contribution is 5.33. The lowest BCUT2D eigenvalue weighted by Gasteiger charge is -2.24. The van der Waals surface area contributed by atoms with Crippen LogP contribution in [0.1, 0.15) is 13.3 Å². The average Bonchev–Trinajstić information content (AvgIpc) is 2.49. The second kappa shape index (κ2) is 4.33. The highest BCUT2D eigenvalue weighted by Crippen LogP contribution is 2.26. The molecular weight excluding hydrogens is 170 g/mol. The Morgan fingerprint density at radius 2 is 2.23 bits per heavy atom. The first-order valence-electron chi connectivity index (χ1n) is 4.14. The lowest BCUT2D eigenvalue weighted by atomic mass is 10.1. The molecule has 1 aliphatic heterocycles. The first-order valence-corrected chi connectivity index (χ1v) is 4.14. The Morgan fingerprint density at radius 3 is 2.69 bits per heavy atom. The van der Waals surface area contributed by atoms with Gasteiger partial charge in [-0.25, -0.2) is 9.79 Å². The van der Waals surface area contributed by atoms with Crippen molar-refractivity contribution in [3.8, 4) is 0 Å². The number of hydrogen-bond donors (Lipinski definition) is 0. The van der Waals surface area contributed by atoms with Crippen LogP contribution in [0.2, 0.25) is 0 Å². The maximum Gasteiger partial charge on any atom is 0.235 e. The number of rotatable bonds is 4. The summed E-state index contributed by atoms with van der Waals surface area (Å²) in [5.41, 5.74) is 0.947. The van der Waals surface area contributed by atoms with Crippen LogP contribution in [-0.4, -0.2) is 31.6 Å². The van der Waals surface area contributed by atoms with Gasteiger partial charge < -0.3 is 9.47 Å². The van der Waals surface area contributed by atoms with E-state index in [1.165, 1.54) is 6.08 Å². The zero-order chi connectivity index (χ0) is 9.73. The van der Waals surface area contributed by atoms with Gasteiger partial charge in [0, 0.05) is 6.42 Å². The van der Waals surface area contributed by atoms with Gasteiger partial charge in [0.2, 0.25) is 6.08 Å². The number of hydrogen-bond acceptors (Lipinski definition) is 4. The summed E-state index contributed by atoms with van der Waals surface area (Å²) in [6, 6.07) is 0. The lowest BCUT2D eigenvalue weighted by Crippen LogP contribution is -2.34. The second-order valence-corrected chi connectivity index (χ2v) is 3.15. The molecule has 0 aliphatic carbocycles. The van der Waals surface area contributed by atoms with E-state index in [4.69, 9.17) is 9.47 Å². The molecule has 0 amide bonds.